The molecule has 0 spiro atoms. The van der Waals surface area contributed by atoms with Gasteiger partial charge in [-0.25, -0.2) is 14.4 Å². The lowest BCUT2D eigenvalue weighted by atomic mass is 10.0. The third-order valence-corrected chi connectivity index (χ3v) is 7.56. The van der Waals surface area contributed by atoms with Gasteiger partial charge in [-0.05, 0) is 38.0 Å². The van der Waals surface area contributed by atoms with Crippen molar-refractivity contribution >= 4 is 46.0 Å². The number of amides is 2. The van der Waals surface area contributed by atoms with Crippen LogP contribution in [0.3, 0.4) is 0 Å². The van der Waals surface area contributed by atoms with Crippen molar-refractivity contribution in [3.8, 4) is 16.9 Å². The number of benzene rings is 1. The third kappa shape index (κ3) is 5.40. The molecule has 2 atom stereocenters. The van der Waals surface area contributed by atoms with E-state index in [1.54, 1.807) is 6.07 Å². The highest BCUT2D eigenvalue weighted by atomic mass is 35.5. The molecule has 0 bridgehead atoms. The number of hydrogen-bond donors (Lipinski definition) is 3. The molecule has 1 fully saturated rings. The third-order valence-electron chi connectivity index (χ3n) is 7.26. The van der Waals surface area contributed by atoms with Crippen LogP contribution in [0.4, 0.5) is 15.9 Å². The maximum atomic E-state index is 14.5. The maximum Gasteiger partial charge on any atom is 0.263 e. The van der Waals surface area contributed by atoms with E-state index in [2.05, 4.69) is 20.2 Å². The van der Waals surface area contributed by atoms with Crippen LogP contribution in [0.2, 0.25) is 5.02 Å². The van der Waals surface area contributed by atoms with E-state index in [-0.39, 0.29) is 45.9 Å². The van der Waals surface area contributed by atoms with Crippen LogP contribution in [-0.4, -0.2) is 61.3 Å². The monoisotopic (exact) mass is 597 g/mol. The molecule has 4 N–H and O–H groups in total. The molecular weight excluding hydrogens is 569 g/mol. The first-order valence-corrected chi connectivity index (χ1v) is 13.6. The van der Waals surface area contributed by atoms with Gasteiger partial charge in [-0.15, -0.1) is 0 Å². The fourth-order valence-corrected chi connectivity index (χ4v) is 5.34. The van der Waals surface area contributed by atoms with Crippen LogP contribution in [0, 0.1) is 5.82 Å². The molecule has 0 radical (unpaired) electrons. The average molecular weight is 598 g/mol. The van der Waals surface area contributed by atoms with Gasteiger partial charge in [0.1, 0.15) is 18.0 Å². The number of nitrogens with one attached hydrogen (secondary N) is 1. The van der Waals surface area contributed by atoms with E-state index in [1.165, 1.54) is 41.0 Å². The number of nitrogens with zero attached hydrogens (tertiary/aromatic N) is 5. The molecule has 1 aliphatic heterocycles. The van der Waals surface area contributed by atoms with Crippen LogP contribution in [-0.2, 0) is 23.1 Å². The first-order chi connectivity index (χ1) is 20.0. The lowest BCUT2D eigenvalue weighted by molar-refractivity contribution is -0.116. The number of rotatable bonds is 8. The van der Waals surface area contributed by atoms with Crippen LogP contribution in [0.15, 0.2) is 41.7 Å². The quantitative estimate of drug-likeness (QED) is 0.280. The van der Waals surface area contributed by atoms with Crippen LogP contribution >= 0.6 is 11.6 Å². The van der Waals surface area contributed by atoms with Crippen LogP contribution in [0.1, 0.15) is 30.6 Å². The maximum absolute atomic E-state index is 14.5. The molecule has 12 nitrogen and oxygen atoms in total. The first-order valence-electron chi connectivity index (χ1n) is 13.2. The molecule has 220 valence electrons. The number of anilines is 2. The number of aromatic nitrogens is 4. The molecule has 4 heterocycles. The van der Waals surface area contributed by atoms with Gasteiger partial charge in [-0.2, -0.15) is 0 Å². The summed E-state index contributed by atoms with van der Waals surface area (Å²) in [7, 11) is 1.50. The van der Waals surface area contributed by atoms with E-state index < -0.39 is 34.5 Å². The van der Waals surface area contributed by atoms with Gasteiger partial charge in [-0.3, -0.25) is 14.4 Å². The van der Waals surface area contributed by atoms with Crippen molar-refractivity contribution in [2.24, 2.45) is 12.8 Å². The summed E-state index contributed by atoms with van der Waals surface area (Å²) in [6.45, 7) is 5.00. The summed E-state index contributed by atoms with van der Waals surface area (Å²) in [5, 5.41) is 13.1. The molecule has 14 heteroatoms. The van der Waals surface area contributed by atoms with Crippen molar-refractivity contribution in [2.75, 3.05) is 23.4 Å². The van der Waals surface area contributed by atoms with E-state index in [0.29, 0.717) is 24.7 Å². The highest BCUT2D eigenvalue weighted by Crippen LogP contribution is 2.33. The fourth-order valence-electron chi connectivity index (χ4n) is 5.19. The van der Waals surface area contributed by atoms with E-state index in [1.807, 2.05) is 13.8 Å². The molecule has 3 aromatic heterocycles. The number of aromatic hydroxyl groups is 1. The molecule has 42 heavy (non-hydrogen) atoms. The number of halogens is 2. The van der Waals surface area contributed by atoms with E-state index in [4.69, 9.17) is 22.1 Å². The van der Waals surface area contributed by atoms with Crippen LogP contribution < -0.4 is 21.5 Å². The summed E-state index contributed by atoms with van der Waals surface area (Å²) < 4.78 is 22.9. The number of aryl methyl sites for hydroxylation is 1. The molecule has 0 saturated carbocycles. The van der Waals surface area contributed by atoms with Gasteiger partial charge in [0.2, 0.25) is 5.91 Å². The van der Waals surface area contributed by atoms with Crippen molar-refractivity contribution in [3.63, 3.8) is 0 Å². The van der Waals surface area contributed by atoms with Crippen molar-refractivity contribution < 1.29 is 23.8 Å². The van der Waals surface area contributed by atoms with Gasteiger partial charge in [0.05, 0.1) is 52.9 Å². The van der Waals surface area contributed by atoms with E-state index in [0.717, 1.165) is 12.5 Å². The van der Waals surface area contributed by atoms with Crippen LogP contribution in [0.5, 0.6) is 5.75 Å². The molecule has 1 saturated heterocycles. The molecule has 2 amide bonds. The summed E-state index contributed by atoms with van der Waals surface area (Å²) in [4.78, 5) is 49.1. The minimum atomic E-state index is -1.09. The Morgan fingerprint density at radius 3 is 2.74 bits per heavy atom. The Hall–Kier alpha value is -4.49. The number of ether oxygens (including phenoxy) is 1. The van der Waals surface area contributed by atoms with Gasteiger partial charge in [0.15, 0.2) is 11.6 Å². The number of likely N-dealkylation sites (N-methyl/N-ethyl adjacent to an activating group) is 1. The minimum Gasteiger partial charge on any atom is -0.504 e. The summed E-state index contributed by atoms with van der Waals surface area (Å²) in [6, 6.07) is 3.99. The normalized spacial score (nSPS) is 16.6. The van der Waals surface area contributed by atoms with Gasteiger partial charge < -0.3 is 34.9 Å². The van der Waals surface area contributed by atoms with E-state index in [9.17, 15) is 23.9 Å². The minimum absolute atomic E-state index is 0.0872. The smallest absolute Gasteiger partial charge is 0.263 e. The Balaban J connectivity index is 1.48. The Kier molecular flexibility index (Phi) is 7.89. The number of carbonyl (C=O) groups excluding carboxylic acids is 2. The zero-order valence-electron chi connectivity index (χ0n) is 23.1. The lowest BCUT2D eigenvalue weighted by Gasteiger charge is -2.28. The Morgan fingerprint density at radius 2 is 2.07 bits per heavy atom. The molecule has 2 unspecified atom stereocenters. The van der Waals surface area contributed by atoms with Crippen molar-refractivity contribution in [2.45, 2.75) is 39.0 Å². The SMILES string of the molecule is CCN(c1cc(NC(=O)Cn2cc(-c3cc(F)c(O)c(C(N)=O)c3)c3c(=O)n(C)cnc32)c(Cl)cn1)C1COC(C)C1. The van der Waals surface area contributed by atoms with Crippen molar-refractivity contribution in [1.82, 2.24) is 19.1 Å². The predicted molar refractivity (Wildman–Crippen MR) is 155 cm³/mol. The number of carbonyl (C=O) groups is 2. The highest BCUT2D eigenvalue weighted by molar-refractivity contribution is 6.33. The molecule has 5 rings (SSSR count). The number of fused-ring (bicyclic) bond motifs is 1. The summed E-state index contributed by atoms with van der Waals surface area (Å²) in [5.74, 6) is -2.88. The lowest BCUT2D eigenvalue weighted by Crippen LogP contribution is -2.36. The average Bonchev–Trinajstić information content (AvgIpc) is 3.53. The number of nitrogens with two attached hydrogens (primary N) is 1. The highest BCUT2D eigenvalue weighted by Gasteiger charge is 2.28. The zero-order valence-corrected chi connectivity index (χ0v) is 23.9. The van der Waals surface area contributed by atoms with Gasteiger partial charge >= 0.3 is 0 Å². The molecule has 1 aliphatic rings. The number of phenols is 1. The number of hydrogen-bond acceptors (Lipinski definition) is 8. The Morgan fingerprint density at radius 1 is 1.31 bits per heavy atom. The number of pyridine rings is 1. The second-order valence-corrected chi connectivity index (χ2v) is 10.5. The molecular formula is C28H29ClFN7O5. The molecule has 0 aliphatic carbocycles. The van der Waals surface area contributed by atoms with E-state index >= 15 is 0 Å². The van der Waals surface area contributed by atoms with Gasteiger partial charge in [0, 0.05) is 31.4 Å². The Bertz CT molecular complexity index is 1770. The number of primary amides is 1. The topological polar surface area (TPSA) is 158 Å². The molecule has 4 aromatic rings. The van der Waals surface area contributed by atoms with Crippen molar-refractivity contribution in [3.05, 3.63) is 63.7 Å². The predicted octanol–water partition coefficient (Wildman–Crippen LogP) is 3.04. The van der Waals surface area contributed by atoms with Crippen LogP contribution in [0.25, 0.3) is 22.2 Å². The van der Waals surface area contributed by atoms with Crippen molar-refractivity contribution in [1.29, 1.82) is 0 Å². The molecule has 1 aromatic carbocycles. The van der Waals surface area contributed by atoms with Gasteiger partial charge in [-0.1, -0.05) is 11.6 Å². The largest absolute Gasteiger partial charge is 0.504 e. The summed E-state index contributed by atoms with van der Waals surface area (Å²) in [6.07, 6.45) is 5.21. The standard InChI is InChI=1S/C28H29ClFN7O5/c1-4-37(16-5-14(2)42-12-16)22-8-21(19(29)9-32-22)34-23(38)11-36-10-18(24-27(36)33-13-35(3)28(24)41)15-6-17(26(31)40)25(39)20(30)7-15/h6-10,13-14,16,39H,4-5,11-12H2,1-3H3,(H2,31,40)(H,32,34,38). The Labute approximate surface area is 244 Å². The first kappa shape index (κ1) is 29.0. The summed E-state index contributed by atoms with van der Waals surface area (Å²) in [5.41, 5.74) is 5.20. The summed E-state index contributed by atoms with van der Waals surface area (Å²) >= 11 is 6.38. The second-order valence-electron chi connectivity index (χ2n) is 10.1. The van der Waals surface area contributed by atoms with Gasteiger partial charge in [0.25, 0.3) is 11.5 Å². The zero-order chi connectivity index (χ0) is 30.3. The fraction of sp³-hybridized carbons (Fsp3) is 0.321. The second kappa shape index (κ2) is 11.4.